The largest absolute Gasteiger partial charge is 0.490 e. The van der Waals surface area contributed by atoms with Gasteiger partial charge in [0.25, 0.3) is 0 Å². The number of hydrogen-bond donors (Lipinski definition) is 1. The van der Waals surface area contributed by atoms with Crippen LogP contribution >= 0.6 is 0 Å². The second-order valence-electron chi connectivity index (χ2n) is 5.02. The topological polar surface area (TPSA) is 79.5 Å². The molecule has 0 aromatic heterocycles. The first-order valence-corrected chi connectivity index (χ1v) is 7.87. The summed E-state index contributed by atoms with van der Waals surface area (Å²) in [7, 11) is 0. The number of aliphatic carboxylic acids is 1. The maximum Gasteiger partial charge on any atom is 0.346 e. The lowest BCUT2D eigenvalue weighted by Gasteiger charge is -2.12. The molecule has 5 heteroatoms. The number of nitriles is 1. The van der Waals surface area contributed by atoms with Crippen molar-refractivity contribution < 1.29 is 19.4 Å². The Morgan fingerprint density at radius 3 is 2.61 bits per heavy atom. The fraction of sp³-hybridized carbons (Fsp3) is 0.444. The van der Waals surface area contributed by atoms with Gasteiger partial charge in [0.05, 0.1) is 13.2 Å². The van der Waals surface area contributed by atoms with Crippen molar-refractivity contribution in [3.8, 4) is 17.6 Å². The number of ether oxygens (including phenoxy) is 2. The van der Waals surface area contributed by atoms with Crippen LogP contribution in [0.4, 0.5) is 0 Å². The minimum Gasteiger partial charge on any atom is -0.490 e. The minimum absolute atomic E-state index is 0.319. The summed E-state index contributed by atoms with van der Waals surface area (Å²) in [5.41, 5.74) is 0.270. The van der Waals surface area contributed by atoms with Crippen LogP contribution < -0.4 is 9.47 Å². The molecule has 1 rings (SSSR count). The highest BCUT2D eigenvalue weighted by molar-refractivity contribution is 5.96. The number of benzene rings is 1. The zero-order valence-electron chi connectivity index (χ0n) is 13.7. The molecule has 5 nitrogen and oxygen atoms in total. The van der Waals surface area contributed by atoms with Crippen LogP contribution in [0.2, 0.25) is 0 Å². The predicted octanol–water partition coefficient (Wildman–Crippen LogP) is 4.04. The fourth-order valence-electron chi connectivity index (χ4n) is 2.02. The van der Waals surface area contributed by atoms with Crippen LogP contribution in [0, 0.1) is 11.3 Å². The Hall–Kier alpha value is -2.48. The maximum atomic E-state index is 10.9. The molecule has 0 saturated heterocycles. The number of rotatable bonds is 10. The van der Waals surface area contributed by atoms with Crippen molar-refractivity contribution in [1.82, 2.24) is 0 Å². The average molecular weight is 317 g/mol. The van der Waals surface area contributed by atoms with Gasteiger partial charge >= 0.3 is 5.97 Å². The normalized spacial score (nSPS) is 10.9. The van der Waals surface area contributed by atoms with E-state index in [9.17, 15) is 4.79 Å². The molecule has 0 atom stereocenters. The van der Waals surface area contributed by atoms with Crippen molar-refractivity contribution in [3.63, 3.8) is 0 Å². The van der Waals surface area contributed by atoms with E-state index in [0.29, 0.717) is 30.3 Å². The van der Waals surface area contributed by atoms with Crippen LogP contribution in [0.5, 0.6) is 11.5 Å². The number of carboxylic acids is 1. The van der Waals surface area contributed by atoms with Crippen molar-refractivity contribution in [2.75, 3.05) is 13.2 Å². The van der Waals surface area contributed by atoms with E-state index >= 15 is 0 Å². The molecule has 0 spiro atoms. The molecular weight excluding hydrogens is 294 g/mol. The van der Waals surface area contributed by atoms with E-state index in [1.165, 1.54) is 18.9 Å². The molecule has 0 aliphatic carbocycles. The summed E-state index contributed by atoms with van der Waals surface area (Å²) in [5, 5.41) is 17.7. The number of carbonyl (C=O) groups is 1. The molecule has 0 heterocycles. The van der Waals surface area contributed by atoms with Crippen LogP contribution in [0.25, 0.3) is 6.08 Å². The van der Waals surface area contributed by atoms with E-state index in [4.69, 9.17) is 19.8 Å². The van der Waals surface area contributed by atoms with Gasteiger partial charge in [0.15, 0.2) is 11.5 Å². The molecule has 0 bridgehead atoms. The molecule has 0 fully saturated rings. The third-order valence-electron chi connectivity index (χ3n) is 3.18. The minimum atomic E-state index is -1.25. The predicted molar refractivity (Wildman–Crippen MR) is 88.5 cm³/mol. The van der Waals surface area contributed by atoms with E-state index in [1.54, 1.807) is 24.3 Å². The second kappa shape index (κ2) is 10.3. The van der Waals surface area contributed by atoms with Crippen molar-refractivity contribution in [1.29, 1.82) is 5.26 Å². The Kier molecular flexibility index (Phi) is 8.30. The number of unbranched alkanes of at least 4 members (excludes halogenated alkanes) is 3. The highest BCUT2D eigenvalue weighted by Crippen LogP contribution is 2.29. The van der Waals surface area contributed by atoms with Gasteiger partial charge in [-0.1, -0.05) is 32.3 Å². The molecule has 0 unspecified atom stereocenters. The van der Waals surface area contributed by atoms with Crippen LogP contribution in [-0.4, -0.2) is 24.3 Å². The average Bonchev–Trinajstić information content (AvgIpc) is 2.54. The van der Waals surface area contributed by atoms with Crippen molar-refractivity contribution in [2.24, 2.45) is 0 Å². The van der Waals surface area contributed by atoms with E-state index in [0.717, 1.165) is 12.8 Å². The lowest BCUT2D eigenvalue weighted by molar-refractivity contribution is -0.132. The maximum absolute atomic E-state index is 10.9. The molecular formula is C18H23NO4. The van der Waals surface area contributed by atoms with Gasteiger partial charge in [0.1, 0.15) is 11.6 Å². The molecule has 0 amide bonds. The summed E-state index contributed by atoms with van der Waals surface area (Å²) in [6, 6.07) is 6.80. The summed E-state index contributed by atoms with van der Waals surface area (Å²) in [6.45, 7) is 5.12. The van der Waals surface area contributed by atoms with Crippen molar-refractivity contribution in [2.45, 2.75) is 39.5 Å². The summed E-state index contributed by atoms with van der Waals surface area (Å²) < 4.78 is 11.3. The van der Waals surface area contributed by atoms with Gasteiger partial charge in [-0.2, -0.15) is 5.26 Å². The molecule has 1 aromatic carbocycles. The first-order valence-electron chi connectivity index (χ1n) is 7.87. The monoisotopic (exact) mass is 317 g/mol. The molecule has 0 aliphatic rings. The summed E-state index contributed by atoms with van der Waals surface area (Å²) in [4.78, 5) is 10.9. The molecule has 23 heavy (non-hydrogen) atoms. The van der Waals surface area contributed by atoms with Crippen LogP contribution in [0.3, 0.4) is 0 Å². The van der Waals surface area contributed by atoms with Crippen molar-refractivity contribution in [3.05, 3.63) is 29.3 Å². The number of carboxylic acid groups (broad SMARTS) is 1. The standard InChI is InChI=1S/C18H23NO4/c1-3-5-6-7-10-23-16-9-8-14(12-17(16)22-4-2)11-15(13-19)18(20)21/h8-9,11-12H,3-7,10H2,1-2H3,(H,20,21). The molecule has 0 aliphatic heterocycles. The van der Waals surface area contributed by atoms with Gasteiger partial charge in [-0.05, 0) is 37.1 Å². The molecule has 0 saturated carbocycles. The lowest BCUT2D eigenvalue weighted by atomic mass is 10.1. The molecule has 1 N–H and O–H groups in total. The van der Waals surface area contributed by atoms with Gasteiger partial charge in [-0.3, -0.25) is 0 Å². The molecule has 124 valence electrons. The van der Waals surface area contributed by atoms with E-state index in [1.807, 2.05) is 6.92 Å². The lowest BCUT2D eigenvalue weighted by Crippen LogP contribution is -2.02. The SMILES string of the molecule is CCCCCCOc1ccc(C=C(C#N)C(=O)O)cc1OCC. The first kappa shape index (κ1) is 18.6. The zero-order valence-corrected chi connectivity index (χ0v) is 13.7. The Balaban J connectivity index is 2.85. The van der Waals surface area contributed by atoms with Gasteiger partial charge < -0.3 is 14.6 Å². The van der Waals surface area contributed by atoms with Crippen LogP contribution in [-0.2, 0) is 4.79 Å². The van der Waals surface area contributed by atoms with E-state index < -0.39 is 5.97 Å². The summed E-state index contributed by atoms with van der Waals surface area (Å²) >= 11 is 0. The quantitative estimate of drug-likeness (QED) is 0.400. The van der Waals surface area contributed by atoms with Crippen LogP contribution in [0.1, 0.15) is 45.1 Å². The number of nitrogens with zero attached hydrogens (tertiary/aromatic N) is 1. The summed E-state index contributed by atoms with van der Waals surface area (Å²) in [5.74, 6) is -0.0598. The first-order chi connectivity index (χ1) is 11.1. The summed E-state index contributed by atoms with van der Waals surface area (Å²) in [6.07, 6.45) is 5.80. The molecule has 0 radical (unpaired) electrons. The van der Waals surface area contributed by atoms with E-state index in [2.05, 4.69) is 6.92 Å². The van der Waals surface area contributed by atoms with Gasteiger partial charge in [-0.25, -0.2) is 4.79 Å². The highest BCUT2D eigenvalue weighted by Gasteiger charge is 2.09. The second-order valence-corrected chi connectivity index (χ2v) is 5.02. The van der Waals surface area contributed by atoms with E-state index in [-0.39, 0.29) is 5.57 Å². The Bertz CT molecular complexity index is 587. The fourth-order valence-corrected chi connectivity index (χ4v) is 2.02. The van der Waals surface area contributed by atoms with Gasteiger partial charge in [0, 0.05) is 0 Å². The molecule has 1 aromatic rings. The third kappa shape index (κ3) is 6.43. The smallest absolute Gasteiger partial charge is 0.346 e. The zero-order chi connectivity index (χ0) is 17.1. The third-order valence-corrected chi connectivity index (χ3v) is 3.18. The van der Waals surface area contributed by atoms with Gasteiger partial charge in [-0.15, -0.1) is 0 Å². The number of hydrogen-bond acceptors (Lipinski definition) is 4. The Morgan fingerprint density at radius 2 is 2.00 bits per heavy atom. The Labute approximate surface area is 137 Å². The van der Waals surface area contributed by atoms with Gasteiger partial charge in [0.2, 0.25) is 0 Å². The highest BCUT2D eigenvalue weighted by atomic mass is 16.5. The van der Waals surface area contributed by atoms with Crippen molar-refractivity contribution >= 4 is 12.0 Å². The Morgan fingerprint density at radius 1 is 1.22 bits per heavy atom. The van der Waals surface area contributed by atoms with Crippen LogP contribution in [0.15, 0.2) is 23.8 Å².